The van der Waals surface area contributed by atoms with Crippen LogP contribution in [0.25, 0.3) is 28.0 Å². The Kier molecular flexibility index (Phi) is 9.58. The normalized spacial score (nSPS) is 11.2. The van der Waals surface area contributed by atoms with Gasteiger partial charge in [-0.2, -0.15) is 0 Å². The quantitative estimate of drug-likeness (QED) is 0.144. The SMILES string of the molecule is CCCCCCCCc1cc2cc(OC)ccc2c(Oc2ccc(/C=C/C(=O)O)cc2)c1-c1ccccc1. The first kappa shape index (κ1) is 27.0. The van der Waals surface area contributed by atoms with Gasteiger partial charge in [-0.05, 0) is 71.3 Å². The number of rotatable bonds is 13. The van der Waals surface area contributed by atoms with Gasteiger partial charge in [0.05, 0.1) is 7.11 Å². The minimum Gasteiger partial charge on any atom is -0.497 e. The maximum Gasteiger partial charge on any atom is 0.328 e. The molecule has 0 heterocycles. The van der Waals surface area contributed by atoms with Crippen molar-refractivity contribution in [2.45, 2.75) is 51.9 Å². The molecule has 0 unspecified atom stereocenters. The molecule has 0 spiro atoms. The molecule has 38 heavy (non-hydrogen) atoms. The van der Waals surface area contributed by atoms with E-state index in [1.54, 1.807) is 13.2 Å². The van der Waals surface area contributed by atoms with Gasteiger partial charge in [-0.15, -0.1) is 0 Å². The molecule has 0 aliphatic heterocycles. The topological polar surface area (TPSA) is 55.8 Å². The lowest BCUT2D eigenvalue weighted by Crippen LogP contribution is -1.98. The van der Waals surface area contributed by atoms with Crippen molar-refractivity contribution < 1.29 is 19.4 Å². The number of methoxy groups -OCH3 is 1. The van der Waals surface area contributed by atoms with Crippen molar-refractivity contribution in [3.8, 4) is 28.4 Å². The van der Waals surface area contributed by atoms with E-state index < -0.39 is 5.97 Å². The summed E-state index contributed by atoms with van der Waals surface area (Å²) < 4.78 is 12.2. The smallest absolute Gasteiger partial charge is 0.328 e. The first-order chi connectivity index (χ1) is 18.6. The minimum atomic E-state index is -0.970. The summed E-state index contributed by atoms with van der Waals surface area (Å²) >= 11 is 0. The van der Waals surface area contributed by atoms with E-state index >= 15 is 0 Å². The summed E-state index contributed by atoms with van der Waals surface area (Å²) in [6.45, 7) is 2.25. The number of carbonyl (C=O) groups is 1. The molecule has 0 aromatic heterocycles. The highest BCUT2D eigenvalue weighted by Gasteiger charge is 2.18. The lowest BCUT2D eigenvalue weighted by Gasteiger charge is -2.20. The molecule has 4 nitrogen and oxygen atoms in total. The Labute approximate surface area is 225 Å². The van der Waals surface area contributed by atoms with E-state index in [1.807, 2.05) is 36.4 Å². The number of carboxylic acid groups (broad SMARTS) is 1. The number of carboxylic acids is 1. The van der Waals surface area contributed by atoms with E-state index in [-0.39, 0.29) is 0 Å². The Morgan fingerprint density at radius 2 is 1.55 bits per heavy atom. The Morgan fingerprint density at radius 3 is 2.26 bits per heavy atom. The van der Waals surface area contributed by atoms with Gasteiger partial charge in [0.1, 0.15) is 17.2 Å². The van der Waals surface area contributed by atoms with Crippen molar-refractivity contribution in [1.29, 1.82) is 0 Å². The van der Waals surface area contributed by atoms with Crippen molar-refractivity contribution in [2.75, 3.05) is 7.11 Å². The van der Waals surface area contributed by atoms with E-state index in [0.29, 0.717) is 5.75 Å². The standard InChI is InChI=1S/C34H36O4/c1-3-4-5-6-7-9-14-27-23-28-24-30(37-2)20-21-31(28)34(33(27)26-12-10-8-11-13-26)38-29-18-15-25(16-19-29)17-22-32(35)36/h8,10-13,15-24H,3-7,9,14H2,1-2H3,(H,35,36)/b22-17+. The van der Waals surface area contributed by atoms with Crippen LogP contribution in [0.2, 0.25) is 0 Å². The molecule has 0 bridgehead atoms. The van der Waals surface area contributed by atoms with Gasteiger partial charge in [-0.3, -0.25) is 0 Å². The third-order valence-electron chi connectivity index (χ3n) is 6.76. The fourth-order valence-corrected chi connectivity index (χ4v) is 4.79. The highest BCUT2D eigenvalue weighted by Crippen LogP contribution is 2.43. The van der Waals surface area contributed by atoms with Crippen LogP contribution in [0.4, 0.5) is 0 Å². The van der Waals surface area contributed by atoms with E-state index in [4.69, 9.17) is 14.6 Å². The van der Waals surface area contributed by atoms with E-state index in [9.17, 15) is 4.79 Å². The average molecular weight is 509 g/mol. The second kappa shape index (κ2) is 13.5. The summed E-state index contributed by atoms with van der Waals surface area (Å²) in [6.07, 6.45) is 11.1. The van der Waals surface area contributed by atoms with Crippen molar-refractivity contribution in [3.05, 3.63) is 96.1 Å². The highest BCUT2D eigenvalue weighted by molar-refractivity contribution is 5.98. The van der Waals surface area contributed by atoms with Crippen molar-refractivity contribution >= 4 is 22.8 Å². The molecule has 4 rings (SSSR count). The third kappa shape index (κ3) is 7.04. The number of aryl methyl sites for hydroxylation is 1. The summed E-state index contributed by atoms with van der Waals surface area (Å²) in [7, 11) is 1.69. The van der Waals surface area contributed by atoms with E-state index in [0.717, 1.165) is 57.9 Å². The predicted octanol–water partition coefficient (Wildman–Crippen LogP) is 9.31. The van der Waals surface area contributed by atoms with Crippen LogP contribution in [0.15, 0.2) is 84.9 Å². The largest absolute Gasteiger partial charge is 0.497 e. The minimum absolute atomic E-state index is 0.698. The number of benzene rings is 4. The second-order valence-corrected chi connectivity index (χ2v) is 9.55. The molecular weight excluding hydrogens is 472 g/mol. The number of fused-ring (bicyclic) bond motifs is 1. The van der Waals surface area contributed by atoms with Gasteiger partial charge >= 0.3 is 5.97 Å². The summed E-state index contributed by atoms with van der Waals surface area (Å²) in [5, 5.41) is 11.0. The molecule has 196 valence electrons. The fraction of sp³-hybridized carbons (Fsp3) is 0.265. The molecule has 0 fully saturated rings. The maximum atomic E-state index is 10.9. The van der Waals surface area contributed by atoms with Gasteiger partial charge in [-0.1, -0.05) is 87.6 Å². The zero-order chi connectivity index (χ0) is 26.7. The lowest BCUT2D eigenvalue weighted by molar-refractivity contribution is -0.131. The number of hydrogen-bond acceptors (Lipinski definition) is 3. The van der Waals surface area contributed by atoms with Gasteiger partial charge in [0, 0.05) is 17.0 Å². The van der Waals surface area contributed by atoms with Crippen LogP contribution in [-0.2, 0) is 11.2 Å². The molecule has 4 aromatic rings. The molecule has 4 aromatic carbocycles. The highest BCUT2D eigenvalue weighted by atomic mass is 16.5. The molecule has 0 saturated heterocycles. The molecule has 0 aliphatic carbocycles. The number of unbranched alkanes of at least 4 members (excludes halogenated alkanes) is 5. The monoisotopic (exact) mass is 508 g/mol. The van der Waals surface area contributed by atoms with E-state index in [1.165, 1.54) is 37.7 Å². The van der Waals surface area contributed by atoms with Gasteiger partial charge in [0.25, 0.3) is 0 Å². The summed E-state index contributed by atoms with van der Waals surface area (Å²) in [5.41, 5.74) is 4.31. The number of hydrogen-bond donors (Lipinski definition) is 1. The van der Waals surface area contributed by atoms with Crippen LogP contribution in [0.3, 0.4) is 0 Å². The van der Waals surface area contributed by atoms with Crippen LogP contribution >= 0.6 is 0 Å². The Bertz CT molecular complexity index is 1370. The predicted molar refractivity (Wildman–Crippen MR) is 156 cm³/mol. The molecule has 0 atom stereocenters. The van der Waals surface area contributed by atoms with Crippen LogP contribution in [0, 0.1) is 0 Å². The summed E-state index contributed by atoms with van der Waals surface area (Å²) in [4.78, 5) is 10.9. The molecule has 0 amide bonds. The van der Waals surface area contributed by atoms with Gasteiger partial charge < -0.3 is 14.6 Å². The Hall–Kier alpha value is -4.05. The summed E-state index contributed by atoms with van der Waals surface area (Å²) in [6, 6.07) is 26.3. The molecule has 0 saturated carbocycles. The molecule has 1 N–H and O–H groups in total. The third-order valence-corrected chi connectivity index (χ3v) is 6.76. The zero-order valence-corrected chi connectivity index (χ0v) is 22.3. The van der Waals surface area contributed by atoms with Gasteiger partial charge in [-0.25, -0.2) is 4.79 Å². The van der Waals surface area contributed by atoms with Crippen molar-refractivity contribution in [1.82, 2.24) is 0 Å². The molecular formula is C34H36O4. The number of aliphatic carboxylic acids is 1. The maximum absolute atomic E-state index is 10.9. The van der Waals surface area contributed by atoms with Crippen molar-refractivity contribution in [2.24, 2.45) is 0 Å². The fourth-order valence-electron chi connectivity index (χ4n) is 4.79. The van der Waals surface area contributed by atoms with Crippen molar-refractivity contribution in [3.63, 3.8) is 0 Å². The number of ether oxygens (including phenoxy) is 2. The van der Waals surface area contributed by atoms with Crippen LogP contribution < -0.4 is 9.47 Å². The average Bonchev–Trinajstić information content (AvgIpc) is 2.94. The van der Waals surface area contributed by atoms with Crippen LogP contribution in [0.5, 0.6) is 17.2 Å². The Balaban J connectivity index is 1.77. The first-order valence-electron chi connectivity index (χ1n) is 13.5. The van der Waals surface area contributed by atoms with Crippen LogP contribution in [0.1, 0.15) is 56.6 Å². The van der Waals surface area contributed by atoms with E-state index in [2.05, 4.69) is 49.4 Å². The van der Waals surface area contributed by atoms with Gasteiger partial charge in [0.2, 0.25) is 0 Å². The lowest BCUT2D eigenvalue weighted by atomic mass is 9.91. The van der Waals surface area contributed by atoms with Gasteiger partial charge in [0.15, 0.2) is 0 Å². The summed E-state index contributed by atoms with van der Waals surface area (Å²) in [5.74, 6) is 1.37. The Morgan fingerprint density at radius 1 is 0.842 bits per heavy atom. The first-order valence-corrected chi connectivity index (χ1v) is 13.5. The van der Waals surface area contributed by atoms with Crippen LogP contribution in [-0.4, -0.2) is 18.2 Å². The molecule has 4 heteroatoms. The molecule has 0 radical (unpaired) electrons. The molecule has 0 aliphatic rings. The second-order valence-electron chi connectivity index (χ2n) is 9.55. The zero-order valence-electron chi connectivity index (χ0n) is 22.3.